The van der Waals surface area contributed by atoms with E-state index in [-0.39, 0.29) is 6.04 Å². The first-order chi connectivity index (χ1) is 7.96. The van der Waals surface area contributed by atoms with E-state index >= 15 is 0 Å². The predicted octanol–water partition coefficient (Wildman–Crippen LogP) is 4.03. The van der Waals surface area contributed by atoms with Crippen LogP contribution in [0.4, 0.5) is 0 Å². The van der Waals surface area contributed by atoms with Crippen LogP contribution >= 0.6 is 15.9 Å². The first-order valence-electron chi connectivity index (χ1n) is 5.91. The molecule has 0 saturated carbocycles. The van der Waals surface area contributed by atoms with E-state index in [2.05, 4.69) is 41.7 Å². The summed E-state index contributed by atoms with van der Waals surface area (Å²) in [5.41, 5.74) is 1.34. The maximum Gasteiger partial charge on any atom is 0.217 e. The summed E-state index contributed by atoms with van der Waals surface area (Å²) < 4.78 is 6.74. The highest BCUT2D eigenvalue weighted by atomic mass is 79.9. The van der Waals surface area contributed by atoms with E-state index in [1.165, 1.54) is 0 Å². The van der Waals surface area contributed by atoms with Gasteiger partial charge in [0.1, 0.15) is 6.61 Å². The van der Waals surface area contributed by atoms with Crippen LogP contribution in [-0.2, 0) is 4.74 Å². The lowest BCUT2D eigenvalue weighted by atomic mass is 9.89. The molecule has 17 heavy (non-hydrogen) atoms. The fraction of sp³-hybridized carbons (Fsp3) is 0.500. The Morgan fingerprint density at radius 3 is 2.71 bits per heavy atom. The van der Waals surface area contributed by atoms with Crippen molar-refractivity contribution >= 4 is 21.8 Å². The molecule has 0 N–H and O–H groups in total. The predicted molar refractivity (Wildman–Crippen MR) is 74.5 cm³/mol. The Morgan fingerprint density at radius 2 is 2.06 bits per heavy atom. The molecular weight excluding hydrogens is 278 g/mol. The summed E-state index contributed by atoms with van der Waals surface area (Å²) in [6.07, 6.45) is 1.06. The quantitative estimate of drug-likeness (QED) is 0.807. The smallest absolute Gasteiger partial charge is 0.217 e. The molecule has 1 aromatic carbocycles. The van der Waals surface area contributed by atoms with Crippen LogP contribution in [0.1, 0.15) is 32.8 Å². The Balaban J connectivity index is 2.15. The number of aliphatic imine (C=N–C) groups is 1. The van der Waals surface area contributed by atoms with Gasteiger partial charge in [-0.05, 0) is 39.9 Å². The topological polar surface area (TPSA) is 21.6 Å². The highest BCUT2D eigenvalue weighted by Crippen LogP contribution is 2.27. The van der Waals surface area contributed by atoms with Gasteiger partial charge in [-0.2, -0.15) is 0 Å². The molecule has 1 atom stereocenters. The zero-order chi connectivity index (χ0) is 12.5. The average Bonchev–Trinajstić information content (AvgIpc) is 2.64. The van der Waals surface area contributed by atoms with Gasteiger partial charge >= 0.3 is 0 Å². The lowest BCUT2D eigenvalue weighted by molar-refractivity contribution is 0.267. The van der Waals surface area contributed by atoms with Crippen LogP contribution in [0.3, 0.4) is 0 Å². The van der Waals surface area contributed by atoms with Gasteiger partial charge in [0.05, 0.1) is 11.6 Å². The van der Waals surface area contributed by atoms with Crippen molar-refractivity contribution in [1.82, 2.24) is 0 Å². The molecule has 0 amide bonds. The van der Waals surface area contributed by atoms with Gasteiger partial charge in [0.25, 0.3) is 0 Å². The van der Waals surface area contributed by atoms with E-state index in [9.17, 15) is 0 Å². The molecule has 0 aromatic heterocycles. The molecule has 0 saturated heterocycles. The number of rotatable bonds is 2. The molecule has 0 spiro atoms. The number of hydrogen-bond acceptors (Lipinski definition) is 2. The molecule has 0 unspecified atom stereocenters. The summed E-state index contributed by atoms with van der Waals surface area (Å²) in [5, 5.41) is 0. The van der Waals surface area contributed by atoms with Crippen molar-refractivity contribution in [2.75, 3.05) is 6.61 Å². The number of ether oxygens (including phenoxy) is 1. The number of benzene rings is 1. The molecular formula is C14H18BrNO. The van der Waals surface area contributed by atoms with E-state index in [0.29, 0.717) is 12.0 Å². The normalized spacial score (nSPS) is 20.0. The van der Waals surface area contributed by atoms with Gasteiger partial charge in [-0.3, -0.25) is 0 Å². The molecule has 1 aliphatic rings. The second-order valence-corrected chi connectivity index (χ2v) is 6.50. The second kappa shape index (κ2) is 4.81. The van der Waals surface area contributed by atoms with Crippen LogP contribution in [0, 0.1) is 5.41 Å². The van der Waals surface area contributed by atoms with Crippen LogP contribution in [0.25, 0.3) is 0 Å². The van der Waals surface area contributed by atoms with Gasteiger partial charge < -0.3 is 4.74 Å². The molecule has 0 bridgehead atoms. The van der Waals surface area contributed by atoms with Gasteiger partial charge in [-0.15, -0.1) is 0 Å². The highest BCUT2D eigenvalue weighted by molar-refractivity contribution is 9.10. The Labute approximate surface area is 111 Å². The maximum atomic E-state index is 5.70. The molecule has 0 aliphatic carbocycles. The molecule has 92 valence electrons. The van der Waals surface area contributed by atoms with E-state index in [1.807, 2.05) is 24.3 Å². The van der Waals surface area contributed by atoms with Gasteiger partial charge in [0.15, 0.2) is 0 Å². The van der Waals surface area contributed by atoms with Crippen LogP contribution in [0.5, 0.6) is 0 Å². The van der Waals surface area contributed by atoms with Crippen LogP contribution in [0.15, 0.2) is 33.7 Å². The Morgan fingerprint density at radius 1 is 1.35 bits per heavy atom. The summed E-state index contributed by atoms with van der Waals surface area (Å²) in [7, 11) is 0. The lowest BCUT2D eigenvalue weighted by Crippen LogP contribution is -2.17. The minimum Gasteiger partial charge on any atom is -0.475 e. The van der Waals surface area contributed by atoms with Crippen LogP contribution in [0.2, 0.25) is 0 Å². The molecule has 3 heteroatoms. The summed E-state index contributed by atoms with van der Waals surface area (Å²) >= 11 is 3.53. The molecule has 1 aromatic rings. The van der Waals surface area contributed by atoms with Crippen molar-refractivity contribution < 1.29 is 4.74 Å². The third-order valence-electron chi connectivity index (χ3n) is 2.66. The maximum absolute atomic E-state index is 5.70. The standard InChI is InChI=1S/C14H18BrNO/c1-14(2,3)8-10-9-17-13(16-10)11-6-4-5-7-12(11)15/h4-7,10H,8-9H2,1-3H3/t10-/m0/s1. The minimum atomic E-state index is 0.289. The summed E-state index contributed by atoms with van der Waals surface area (Å²) in [5.74, 6) is 0.770. The van der Waals surface area contributed by atoms with Crippen LogP contribution < -0.4 is 0 Å². The third kappa shape index (κ3) is 3.32. The summed E-state index contributed by atoms with van der Waals surface area (Å²) in [4.78, 5) is 4.67. The molecule has 2 rings (SSSR count). The van der Waals surface area contributed by atoms with Crippen molar-refractivity contribution in [3.63, 3.8) is 0 Å². The second-order valence-electron chi connectivity index (χ2n) is 5.64. The first-order valence-corrected chi connectivity index (χ1v) is 6.70. The fourth-order valence-corrected chi connectivity index (χ4v) is 2.46. The largest absolute Gasteiger partial charge is 0.475 e. The minimum absolute atomic E-state index is 0.289. The molecule has 0 radical (unpaired) electrons. The van der Waals surface area contributed by atoms with Gasteiger partial charge in [0, 0.05) is 4.47 Å². The van der Waals surface area contributed by atoms with E-state index in [0.717, 1.165) is 22.4 Å². The monoisotopic (exact) mass is 295 g/mol. The van der Waals surface area contributed by atoms with E-state index in [4.69, 9.17) is 4.74 Å². The van der Waals surface area contributed by atoms with Crippen molar-refractivity contribution in [3.8, 4) is 0 Å². The van der Waals surface area contributed by atoms with Crippen molar-refractivity contribution in [2.24, 2.45) is 10.4 Å². The molecule has 1 aliphatic heterocycles. The van der Waals surface area contributed by atoms with Crippen LogP contribution in [-0.4, -0.2) is 18.5 Å². The first kappa shape index (κ1) is 12.6. The number of halogens is 1. The van der Waals surface area contributed by atoms with Crippen molar-refractivity contribution in [2.45, 2.75) is 33.2 Å². The molecule has 1 heterocycles. The zero-order valence-electron chi connectivity index (χ0n) is 10.5. The highest BCUT2D eigenvalue weighted by Gasteiger charge is 2.25. The van der Waals surface area contributed by atoms with Gasteiger partial charge in [-0.25, -0.2) is 4.99 Å². The third-order valence-corrected chi connectivity index (χ3v) is 3.36. The van der Waals surface area contributed by atoms with E-state index < -0.39 is 0 Å². The number of nitrogens with zero attached hydrogens (tertiary/aromatic N) is 1. The number of hydrogen-bond donors (Lipinski definition) is 0. The Kier molecular flexibility index (Phi) is 3.57. The Bertz CT molecular complexity index is 434. The molecule has 0 fully saturated rings. The van der Waals surface area contributed by atoms with E-state index in [1.54, 1.807) is 0 Å². The lowest BCUT2D eigenvalue weighted by Gasteiger charge is -2.19. The fourth-order valence-electron chi connectivity index (χ4n) is 2.01. The van der Waals surface area contributed by atoms with Gasteiger partial charge in [0.2, 0.25) is 5.90 Å². The van der Waals surface area contributed by atoms with Crippen molar-refractivity contribution in [3.05, 3.63) is 34.3 Å². The molecule has 2 nitrogen and oxygen atoms in total. The van der Waals surface area contributed by atoms with Crippen molar-refractivity contribution in [1.29, 1.82) is 0 Å². The summed E-state index contributed by atoms with van der Waals surface area (Å²) in [6, 6.07) is 8.33. The zero-order valence-corrected chi connectivity index (χ0v) is 12.1. The SMILES string of the molecule is CC(C)(C)C[C@H]1COC(c2ccccc2Br)=N1. The average molecular weight is 296 g/mol. The Hall–Kier alpha value is -0.830. The van der Waals surface area contributed by atoms with Gasteiger partial charge in [-0.1, -0.05) is 32.9 Å². The summed E-state index contributed by atoms with van der Waals surface area (Å²) in [6.45, 7) is 7.41.